The molecule has 1 aliphatic rings. The molecule has 1 fully saturated rings. The summed E-state index contributed by atoms with van der Waals surface area (Å²) < 4.78 is 25.9. The third-order valence-corrected chi connectivity index (χ3v) is 6.89. The molecule has 0 amide bonds. The number of hydrogen-bond donors (Lipinski definition) is 1. The number of hydrogen-bond acceptors (Lipinski definition) is 5. The van der Waals surface area contributed by atoms with E-state index in [-0.39, 0.29) is 0 Å². The van der Waals surface area contributed by atoms with Crippen LogP contribution in [-0.4, -0.2) is 42.7 Å². The van der Waals surface area contributed by atoms with Crippen molar-refractivity contribution in [2.45, 2.75) is 23.8 Å². The number of nitrogens with one attached hydrogen (secondary N) is 1. The molecule has 1 saturated heterocycles. The number of rotatable bonds is 5. The predicted molar refractivity (Wildman–Crippen MR) is 70.2 cm³/mol. The van der Waals surface area contributed by atoms with E-state index in [0.717, 1.165) is 17.3 Å². The van der Waals surface area contributed by atoms with Gasteiger partial charge >= 0.3 is 0 Å². The van der Waals surface area contributed by atoms with Gasteiger partial charge in [0.25, 0.3) is 0 Å². The van der Waals surface area contributed by atoms with Gasteiger partial charge in [0.1, 0.15) is 0 Å². The van der Waals surface area contributed by atoms with Crippen molar-refractivity contribution in [3.8, 4) is 6.07 Å². The zero-order valence-corrected chi connectivity index (χ0v) is 11.6. The first-order chi connectivity index (χ1) is 7.60. The normalized spacial score (nSPS) is 23.6. The molecule has 7 heteroatoms. The van der Waals surface area contributed by atoms with Gasteiger partial charge in [-0.15, -0.1) is 0 Å². The highest BCUT2D eigenvalue weighted by molar-refractivity contribution is 8.06. The topological polar surface area (TPSA) is 70.0 Å². The van der Waals surface area contributed by atoms with Crippen molar-refractivity contribution in [3.05, 3.63) is 0 Å². The van der Waals surface area contributed by atoms with Crippen LogP contribution in [0.1, 0.15) is 13.3 Å². The van der Waals surface area contributed by atoms with Crippen LogP contribution in [0.4, 0.5) is 0 Å². The van der Waals surface area contributed by atoms with Crippen molar-refractivity contribution < 1.29 is 8.42 Å². The quantitative estimate of drug-likeness (QED) is 0.815. The van der Waals surface area contributed by atoms with Crippen molar-refractivity contribution in [2.24, 2.45) is 0 Å². The summed E-state index contributed by atoms with van der Waals surface area (Å²) in [6, 6.07) is 1.82. The summed E-state index contributed by atoms with van der Waals surface area (Å²) in [6.07, 6.45) is 0.332. The van der Waals surface area contributed by atoms with Gasteiger partial charge in [0.15, 0.2) is 5.25 Å². The Labute approximate surface area is 106 Å². The minimum absolute atomic E-state index is 0.332. The van der Waals surface area contributed by atoms with Gasteiger partial charge in [-0.25, -0.2) is 13.1 Å². The van der Waals surface area contributed by atoms with Crippen LogP contribution < -0.4 is 4.72 Å². The fourth-order valence-corrected chi connectivity index (χ4v) is 5.27. The maximum atomic E-state index is 11.7. The smallest absolute Gasteiger partial charge is 0.213 e. The van der Waals surface area contributed by atoms with Crippen LogP contribution in [0.3, 0.4) is 0 Å². The highest BCUT2D eigenvalue weighted by Crippen LogP contribution is 2.23. The van der Waals surface area contributed by atoms with E-state index in [0.29, 0.717) is 18.2 Å². The van der Waals surface area contributed by atoms with Gasteiger partial charge in [-0.3, -0.25) is 0 Å². The minimum Gasteiger partial charge on any atom is -0.213 e. The van der Waals surface area contributed by atoms with Crippen molar-refractivity contribution in [1.82, 2.24) is 4.72 Å². The zero-order chi connectivity index (χ0) is 12.0. The average Bonchev–Trinajstić information content (AvgIpc) is 2.29. The Morgan fingerprint density at radius 1 is 1.56 bits per heavy atom. The molecule has 0 bridgehead atoms. The van der Waals surface area contributed by atoms with Crippen molar-refractivity contribution in [1.29, 1.82) is 5.26 Å². The molecular formula is C9H16N2O2S3. The largest absolute Gasteiger partial charge is 0.227 e. The molecule has 0 aliphatic carbocycles. The van der Waals surface area contributed by atoms with Crippen LogP contribution in [0.5, 0.6) is 0 Å². The van der Waals surface area contributed by atoms with E-state index in [1.54, 1.807) is 18.7 Å². The van der Waals surface area contributed by atoms with E-state index in [4.69, 9.17) is 5.26 Å². The van der Waals surface area contributed by atoms with Gasteiger partial charge in [0.05, 0.1) is 6.07 Å². The standard InChI is InChI=1S/C9H16N2O2S3/c1-2-9(5-10)16(12,13)11-6-8-7-14-3-4-15-8/h8-9,11H,2-4,6-7H2,1H3. The second-order valence-electron chi connectivity index (χ2n) is 3.49. The molecular weight excluding hydrogens is 264 g/mol. The Kier molecular flexibility index (Phi) is 5.97. The molecule has 0 aromatic carbocycles. The van der Waals surface area contributed by atoms with Crippen LogP contribution in [-0.2, 0) is 10.0 Å². The first kappa shape index (κ1) is 14.2. The van der Waals surface area contributed by atoms with Gasteiger partial charge in [0, 0.05) is 29.1 Å². The van der Waals surface area contributed by atoms with E-state index < -0.39 is 15.3 Å². The molecule has 0 aromatic heterocycles. The Balaban J connectivity index is 2.44. The fraction of sp³-hybridized carbons (Fsp3) is 0.889. The molecule has 0 saturated carbocycles. The van der Waals surface area contributed by atoms with Crippen molar-refractivity contribution in [3.63, 3.8) is 0 Å². The molecule has 2 atom stereocenters. The molecule has 92 valence electrons. The number of nitriles is 1. The van der Waals surface area contributed by atoms with Crippen LogP contribution in [0, 0.1) is 11.3 Å². The average molecular weight is 280 g/mol. The van der Waals surface area contributed by atoms with E-state index in [1.165, 1.54) is 0 Å². The Hall–Kier alpha value is 0.1000. The van der Waals surface area contributed by atoms with Gasteiger partial charge in [-0.1, -0.05) is 6.92 Å². The zero-order valence-electron chi connectivity index (χ0n) is 9.18. The van der Waals surface area contributed by atoms with Crippen LogP contribution in [0.15, 0.2) is 0 Å². The maximum absolute atomic E-state index is 11.7. The molecule has 1 rings (SSSR count). The lowest BCUT2D eigenvalue weighted by atomic mass is 10.4. The second-order valence-corrected chi connectivity index (χ2v) is 7.99. The molecule has 4 nitrogen and oxygen atoms in total. The first-order valence-corrected chi connectivity index (χ1v) is 8.92. The minimum atomic E-state index is -3.46. The van der Waals surface area contributed by atoms with Gasteiger partial charge < -0.3 is 0 Å². The summed E-state index contributed by atoms with van der Waals surface area (Å²) in [5, 5.41) is 8.14. The molecule has 0 aromatic rings. The molecule has 0 spiro atoms. The van der Waals surface area contributed by atoms with Crippen LogP contribution >= 0.6 is 23.5 Å². The molecule has 1 heterocycles. The van der Waals surface area contributed by atoms with Crippen LogP contribution in [0.25, 0.3) is 0 Å². The Bertz CT molecular complexity index is 344. The van der Waals surface area contributed by atoms with Gasteiger partial charge in [0.2, 0.25) is 10.0 Å². The third kappa shape index (κ3) is 4.17. The maximum Gasteiger partial charge on any atom is 0.227 e. The van der Waals surface area contributed by atoms with E-state index in [2.05, 4.69) is 4.72 Å². The molecule has 0 radical (unpaired) electrons. The van der Waals surface area contributed by atoms with Crippen LogP contribution in [0.2, 0.25) is 0 Å². The van der Waals surface area contributed by atoms with Gasteiger partial charge in [-0.05, 0) is 6.42 Å². The summed E-state index contributed by atoms with van der Waals surface area (Å²) >= 11 is 3.65. The summed E-state index contributed by atoms with van der Waals surface area (Å²) in [7, 11) is -3.46. The summed E-state index contributed by atoms with van der Waals surface area (Å²) in [5.41, 5.74) is 0. The number of sulfonamides is 1. The molecule has 16 heavy (non-hydrogen) atoms. The molecule has 1 aliphatic heterocycles. The Morgan fingerprint density at radius 2 is 2.31 bits per heavy atom. The number of nitrogens with zero attached hydrogens (tertiary/aromatic N) is 1. The highest BCUT2D eigenvalue weighted by atomic mass is 32.2. The van der Waals surface area contributed by atoms with Crippen molar-refractivity contribution in [2.75, 3.05) is 23.8 Å². The second kappa shape index (κ2) is 6.74. The highest BCUT2D eigenvalue weighted by Gasteiger charge is 2.24. The fourth-order valence-electron chi connectivity index (χ4n) is 1.34. The lowest BCUT2D eigenvalue weighted by molar-refractivity contribution is 0.572. The third-order valence-electron chi connectivity index (χ3n) is 2.29. The SMILES string of the molecule is CCC(C#N)S(=O)(=O)NCC1CSCCS1. The summed E-state index contributed by atoms with van der Waals surface area (Å²) in [4.78, 5) is 0. The Morgan fingerprint density at radius 3 is 2.81 bits per heavy atom. The van der Waals surface area contributed by atoms with E-state index in [1.807, 2.05) is 17.8 Å². The lowest BCUT2D eigenvalue weighted by Gasteiger charge is -2.21. The first-order valence-electron chi connectivity index (χ1n) is 5.17. The predicted octanol–water partition coefficient (Wildman–Crippen LogP) is 1.06. The van der Waals surface area contributed by atoms with E-state index >= 15 is 0 Å². The summed E-state index contributed by atoms with van der Waals surface area (Å²) in [6.45, 7) is 2.15. The molecule has 2 unspecified atom stereocenters. The number of thioether (sulfide) groups is 2. The lowest BCUT2D eigenvalue weighted by Crippen LogP contribution is -2.38. The van der Waals surface area contributed by atoms with Crippen molar-refractivity contribution >= 4 is 33.5 Å². The summed E-state index contributed by atoms with van der Waals surface area (Å²) in [5.74, 6) is 3.20. The molecule has 1 N–H and O–H groups in total. The monoisotopic (exact) mass is 280 g/mol. The van der Waals surface area contributed by atoms with Gasteiger partial charge in [-0.2, -0.15) is 28.8 Å². The van der Waals surface area contributed by atoms with E-state index in [9.17, 15) is 8.42 Å².